The Morgan fingerprint density at radius 3 is 2.40 bits per heavy atom. The fraction of sp³-hybridized carbons (Fsp3) is 0.207. The SMILES string of the molecule is CCOC(=O)c1sc(NC(=O)c2cnn3c(C(F)(F)F)cc(-c4cccc5ccccc45)nc23)c(C(=O)OCC)c1C. The average molecular weight is 597 g/mol. The number of hydrogen-bond donors (Lipinski definition) is 1. The van der Waals surface area contributed by atoms with Gasteiger partial charge in [0.15, 0.2) is 11.3 Å². The number of fused-ring (bicyclic) bond motifs is 2. The quantitative estimate of drug-likeness (QED) is 0.212. The Balaban J connectivity index is 1.64. The normalized spacial score (nSPS) is 11.6. The lowest BCUT2D eigenvalue weighted by molar-refractivity contribution is -0.142. The molecule has 1 N–H and O–H groups in total. The highest BCUT2D eigenvalue weighted by Crippen LogP contribution is 2.37. The molecule has 0 aliphatic carbocycles. The molecule has 13 heteroatoms. The molecular weight excluding hydrogens is 573 g/mol. The second-order valence-corrected chi connectivity index (χ2v) is 10.0. The van der Waals surface area contributed by atoms with E-state index in [1.54, 1.807) is 38.1 Å². The number of aromatic nitrogens is 3. The zero-order valence-electron chi connectivity index (χ0n) is 22.5. The van der Waals surface area contributed by atoms with Gasteiger partial charge in [0.25, 0.3) is 5.91 Å². The molecule has 1 amide bonds. The van der Waals surface area contributed by atoms with Crippen LogP contribution in [0.5, 0.6) is 0 Å². The van der Waals surface area contributed by atoms with E-state index in [-0.39, 0.29) is 51.1 Å². The Morgan fingerprint density at radius 1 is 1.00 bits per heavy atom. The van der Waals surface area contributed by atoms with Crippen LogP contribution >= 0.6 is 11.3 Å². The maximum absolute atomic E-state index is 14.2. The first-order chi connectivity index (χ1) is 20.0. The largest absolute Gasteiger partial charge is 0.462 e. The van der Waals surface area contributed by atoms with Crippen molar-refractivity contribution in [1.29, 1.82) is 0 Å². The molecule has 0 aliphatic rings. The Morgan fingerprint density at radius 2 is 1.69 bits per heavy atom. The minimum absolute atomic E-state index is 0.00930. The first-order valence-electron chi connectivity index (χ1n) is 12.8. The molecule has 3 heterocycles. The molecule has 0 spiro atoms. The molecule has 0 fully saturated rings. The number of alkyl halides is 3. The highest BCUT2D eigenvalue weighted by atomic mass is 32.1. The number of rotatable bonds is 7. The van der Waals surface area contributed by atoms with Crippen LogP contribution in [0.15, 0.2) is 54.7 Å². The molecule has 9 nitrogen and oxygen atoms in total. The first kappa shape index (κ1) is 28.7. The van der Waals surface area contributed by atoms with Crippen LogP contribution in [-0.2, 0) is 15.7 Å². The lowest BCUT2D eigenvalue weighted by Gasteiger charge is -2.13. The van der Waals surface area contributed by atoms with Gasteiger partial charge in [-0.2, -0.15) is 18.3 Å². The van der Waals surface area contributed by atoms with Crippen molar-refractivity contribution in [1.82, 2.24) is 14.6 Å². The van der Waals surface area contributed by atoms with Crippen molar-refractivity contribution in [3.8, 4) is 11.3 Å². The number of halogens is 3. The Kier molecular flexibility index (Phi) is 7.69. The predicted molar refractivity (Wildman–Crippen MR) is 150 cm³/mol. The van der Waals surface area contributed by atoms with Gasteiger partial charge in [-0.1, -0.05) is 42.5 Å². The molecule has 0 aliphatic heterocycles. The maximum atomic E-state index is 14.2. The highest BCUT2D eigenvalue weighted by Gasteiger charge is 2.36. The summed E-state index contributed by atoms with van der Waals surface area (Å²) in [5, 5.41) is 7.81. The van der Waals surface area contributed by atoms with Crippen LogP contribution in [0.25, 0.3) is 27.7 Å². The van der Waals surface area contributed by atoms with Gasteiger partial charge in [-0.15, -0.1) is 11.3 Å². The molecular formula is C29H23F3N4O5S. The summed E-state index contributed by atoms with van der Waals surface area (Å²) in [5.41, 5.74) is -1.14. The van der Waals surface area contributed by atoms with Crippen LogP contribution < -0.4 is 5.32 Å². The third-order valence-corrected chi connectivity index (χ3v) is 7.57. The van der Waals surface area contributed by atoms with Crippen molar-refractivity contribution in [3.05, 3.63) is 82.0 Å². The Labute approximate surface area is 240 Å². The van der Waals surface area contributed by atoms with E-state index in [1.807, 2.05) is 18.2 Å². The maximum Gasteiger partial charge on any atom is 0.433 e. The van der Waals surface area contributed by atoms with Gasteiger partial charge in [0.1, 0.15) is 15.4 Å². The third-order valence-electron chi connectivity index (χ3n) is 6.39. The van der Waals surface area contributed by atoms with E-state index < -0.39 is 29.7 Å². The van der Waals surface area contributed by atoms with Gasteiger partial charge in [-0.3, -0.25) is 4.79 Å². The van der Waals surface area contributed by atoms with E-state index in [9.17, 15) is 27.6 Å². The lowest BCUT2D eigenvalue weighted by Crippen LogP contribution is -2.17. The molecule has 0 unspecified atom stereocenters. The number of thiophene rings is 1. The number of ether oxygens (including phenoxy) is 2. The molecule has 0 saturated carbocycles. The van der Waals surface area contributed by atoms with Crippen LogP contribution in [0.3, 0.4) is 0 Å². The van der Waals surface area contributed by atoms with Crippen LogP contribution in [0.2, 0.25) is 0 Å². The molecule has 42 heavy (non-hydrogen) atoms. The molecule has 0 bridgehead atoms. The van der Waals surface area contributed by atoms with Crippen molar-refractivity contribution in [2.75, 3.05) is 18.5 Å². The minimum atomic E-state index is -4.82. The van der Waals surface area contributed by atoms with Crippen LogP contribution in [0.1, 0.15) is 55.5 Å². The highest BCUT2D eigenvalue weighted by molar-refractivity contribution is 7.18. The lowest BCUT2D eigenvalue weighted by atomic mass is 10.0. The summed E-state index contributed by atoms with van der Waals surface area (Å²) >= 11 is 0.793. The molecule has 3 aromatic heterocycles. The minimum Gasteiger partial charge on any atom is -0.462 e. The zero-order valence-corrected chi connectivity index (χ0v) is 23.4. The van der Waals surface area contributed by atoms with Crippen LogP contribution in [0.4, 0.5) is 18.2 Å². The monoisotopic (exact) mass is 596 g/mol. The number of hydrogen-bond acceptors (Lipinski definition) is 8. The van der Waals surface area contributed by atoms with Crippen LogP contribution in [-0.4, -0.2) is 45.7 Å². The molecule has 5 aromatic rings. The van der Waals surface area contributed by atoms with E-state index in [4.69, 9.17) is 9.47 Å². The van der Waals surface area contributed by atoms with Gasteiger partial charge in [-0.25, -0.2) is 19.1 Å². The summed E-state index contributed by atoms with van der Waals surface area (Å²) in [7, 11) is 0. The van der Waals surface area contributed by atoms with E-state index in [0.29, 0.717) is 15.5 Å². The molecule has 5 rings (SSSR count). The summed E-state index contributed by atoms with van der Waals surface area (Å²) < 4.78 is 53.3. The predicted octanol–water partition coefficient (Wildman–Crippen LogP) is 6.54. The zero-order chi connectivity index (χ0) is 30.2. The molecule has 2 aromatic carbocycles. The number of carbonyl (C=O) groups excluding carboxylic acids is 3. The Bertz CT molecular complexity index is 1860. The van der Waals surface area contributed by atoms with Crippen molar-refractivity contribution < 1.29 is 37.0 Å². The van der Waals surface area contributed by atoms with Crippen molar-refractivity contribution in [2.24, 2.45) is 0 Å². The molecule has 0 radical (unpaired) electrons. The molecule has 216 valence electrons. The fourth-order valence-corrected chi connectivity index (χ4v) is 5.61. The van der Waals surface area contributed by atoms with Crippen molar-refractivity contribution in [3.63, 3.8) is 0 Å². The summed E-state index contributed by atoms with van der Waals surface area (Å²) in [6.45, 7) is 4.84. The smallest absolute Gasteiger partial charge is 0.433 e. The summed E-state index contributed by atoms with van der Waals surface area (Å²) in [6, 6.07) is 13.2. The van der Waals surface area contributed by atoms with Gasteiger partial charge in [0.05, 0.1) is 30.7 Å². The van der Waals surface area contributed by atoms with E-state index in [2.05, 4.69) is 15.4 Å². The number of anilines is 1. The van der Waals surface area contributed by atoms with Gasteiger partial charge in [0.2, 0.25) is 0 Å². The number of benzene rings is 2. The second kappa shape index (κ2) is 11.2. The van der Waals surface area contributed by atoms with E-state index in [0.717, 1.165) is 29.0 Å². The summed E-state index contributed by atoms with van der Waals surface area (Å²) in [5.74, 6) is -2.37. The number of esters is 2. The van der Waals surface area contributed by atoms with Crippen LogP contribution in [0, 0.1) is 6.92 Å². The van der Waals surface area contributed by atoms with Crippen molar-refractivity contribution in [2.45, 2.75) is 26.9 Å². The number of amides is 1. The Hall–Kier alpha value is -4.78. The second-order valence-electron chi connectivity index (χ2n) is 9.00. The van der Waals surface area contributed by atoms with Gasteiger partial charge in [-0.05, 0) is 43.2 Å². The third kappa shape index (κ3) is 5.18. The standard InChI is InChI=1S/C29H23F3N4O5S/c1-4-40-27(38)22-15(3)23(28(39)41-5-2)42-26(22)35-25(37)19-14-33-36-21(29(30,31)32)13-20(34-24(19)36)18-12-8-10-16-9-6-7-11-17(16)18/h6-14H,4-5H2,1-3H3,(H,35,37). The molecule has 0 atom stereocenters. The van der Waals surface area contributed by atoms with E-state index >= 15 is 0 Å². The first-order valence-corrected chi connectivity index (χ1v) is 13.6. The molecule has 0 saturated heterocycles. The van der Waals surface area contributed by atoms with Gasteiger partial charge < -0.3 is 14.8 Å². The average Bonchev–Trinajstić information content (AvgIpc) is 3.52. The fourth-order valence-electron chi connectivity index (χ4n) is 4.52. The number of nitrogens with zero attached hydrogens (tertiary/aromatic N) is 3. The summed E-state index contributed by atoms with van der Waals surface area (Å²) in [4.78, 5) is 43.3. The van der Waals surface area contributed by atoms with Gasteiger partial charge in [0, 0.05) is 5.56 Å². The number of carbonyl (C=O) groups is 3. The van der Waals surface area contributed by atoms with E-state index in [1.165, 1.54) is 6.92 Å². The summed E-state index contributed by atoms with van der Waals surface area (Å²) in [6.07, 6.45) is -3.85. The number of nitrogens with one attached hydrogen (secondary N) is 1. The van der Waals surface area contributed by atoms with Gasteiger partial charge >= 0.3 is 18.1 Å². The van der Waals surface area contributed by atoms with Crippen molar-refractivity contribution >= 4 is 50.6 Å². The topological polar surface area (TPSA) is 112 Å².